The van der Waals surface area contributed by atoms with Crippen LogP contribution >= 0.6 is 0 Å². The minimum absolute atomic E-state index is 0.0123. The van der Waals surface area contributed by atoms with Crippen molar-refractivity contribution in [2.45, 2.75) is 46.2 Å². The summed E-state index contributed by atoms with van der Waals surface area (Å²) in [6, 6.07) is 5.89. The van der Waals surface area contributed by atoms with Crippen LogP contribution in [0.5, 0.6) is 0 Å². The number of hydrogen-bond donors (Lipinski definition) is 1. The molecule has 148 valence electrons. The highest BCUT2D eigenvalue weighted by Crippen LogP contribution is 2.46. The predicted molar refractivity (Wildman–Crippen MR) is 104 cm³/mol. The summed E-state index contributed by atoms with van der Waals surface area (Å²) in [5.41, 5.74) is 3.27. The Morgan fingerprint density at radius 2 is 2.18 bits per heavy atom. The summed E-state index contributed by atoms with van der Waals surface area (Å²) in [5, 5.41) is 7.65. The Balaban J connectivity index is 1.29. The van der Waals surface area contributed by atoms with Crippen molar-refractivity contribution in [3.63, 3.8) is 0 Å². The van der Waals surface area contributed by atoms with Gasteiger partial charge in [0.15, 0.2) is 0 Å². The Hall–Kier alpha value is -2.70. The lowest BCUT2D eigenvalue weighted by Crippen LogP contribution is -2.37. The molecule has 0 radical (unpaired) electrons. The van der Waals surface area contributed by atoms with Gasteiger partial charge in [-0.3, -0.25) is 19.3 Å². The van der Waals surface area contributed by atoms with E-state index >= 15 is 0 Å². The van der Waals surface area contributed by atoms with Crippen LogP contribution in [0, 0.1) is 25.2 Å². The minimum Gasteiger partial charge on any atom is -0.355 e. The number of aryl methyl sites for hydroxylation is 2. The molecule has 7 heteroatoms. The van der Waals surface area contributed by atoms with E-state index in [1.807, 2.05) is 23.7 Å². The van der Waals surface area contributed by atoms with Crippen molar-refractivity contribution in [1.82, 2.24) is 25.0 Å². The molecule has 0 unspecified atom stereocenters. The summed E-state index contributed by atoms with van der Waals surface area (Å²) in [5.74, 6) is -0.247. The Morgan fingerprint density at radius 3 is 2.82 bits per heavy atom. The Kier molecular flexibility index (Phi) is 4.91. The second-order valence-electron chi connectivity index (χ2n) is 8.34. The van der Waals surface area contributed by atoms with Gasteiger partial charge in [-0.1, -0.05) is 6.07 Å². The topological polar surface area (TPSA) is 80.1 Å². The van der Waals surface area contributed by atoms with E-state index in [0.29, 0.717) is 19.6 Å². The highest BCUT2D eigenvalue weighted by atomic mass is 16.2. The molecule has 1 saturated heterocycles. The second-order valence-corrected chi connectivity index (χ2v) is 8.34. The molecule has 0 spiro atoms. The van der Waals surface area contributed by atoms with Crippen molar-refractivity contribution in [2.75, 3.05) is 13.1 Å². The van der Waals surface area contributed by atoms with E-state index in [1.54, 1.807) is 17.3 Å². The van der Waals surface area contributed by atoms with Crippen LogP contribution in [-0.4, -0.2) is 44.6 Å². The Labute approximate surface area is 165 Å². The van der Waals surface area contributed by atoms with Gasteiger partial charge in [0.25, 0.3) is 0 Å². The van der Waals surface area contributed by atoms with Gasteiger partial charge in [-0.2, -0.15) is 5.10 Å². The molecule has 2 fully saturated rings. The summed E-state index contributed by atoms with van der Waals surface area (Å²) >= 11 is 0. The van der Waals surface area contributed by atoms with Gasteiger partial charge in [0, 0.05) is 56.1 Å². The van der Waals surface area contributed by atoms with Crippen LogP contribution in [0.25, 0.3) is 0 Å². The van der Waals surface area contributed by atoms with Crippen LogP contribution in [0.15, 0.2) is 30.6 Å². The third-order valence-corrected chi connectivity index (χ3v) is 5.86. The quantitative estimate of drug-likeness (QED) is 0.794. The number of hydrogen-bond acceptors (Lipinski definition) is 4. The normalized spacial score (nSPS) is 20.4. The maximum absolute atomic E-state index is 12.7. The van der Waals surface area contributed by atoms with Crippen molar-refractivity contribution in [1.29, 1.82) is 0 Å². The molecule has 7 nitrogen and oxygen atoms in total. The molecule has 2 aromatic heterocycles. The second kappa shape index (κ2) is 7.37. The molecule has 1 atom stereocenters. The molecule has 1 aliphatic carbocycles. The molecule has 1 N–H and O–H groups in total. The zero-order chi connectivity index (χ0) is 19.7. The molecule has 4 rings (SSSR count). The summed E-state index contributed by atoms with van der Waals surface area (Å²) in [6.45, 7) is 6.54. The zero-order valence-corrected chi connectivity index (χ0v) is 16.5. The summed E-state index contributed by atoms with van der Waals surface area (Å²) in [6.07, 6.45) is 5.96. The van der Waals surface area contributed by atoms with E-state index in [-0.39, 0.29) is 29.6 Å². The molecule has 1 aliphatic heterocycles. The number of rotatable bonds is 7. The van der Waals surface area contributed by atoms with Gasteiger partial charge in [-0.15, -0.1) is 0 Å². The van der Waals surface area contributed by atoms with Crippen molar-refractivity contribution >= 4 is 11.8 Å². The SMILES string of the molecule is Cc1cc(C)n(CC2(CNC(=O)[C@@H]3CC(=O)N(Cc4cccnc4)C3)CC2)n1. The molecule has 2 aliphatic rings. The average Bonchev–Trinajstić information content (AvgIpc) is 3.24. The number of amides is 2. The van der Waals surface area contributed by atoms with E-state index in [2.05, 4.69) is 28.4 Å². The number of carbonyl (C=O) groups is 2. The van der Waals surface area contributed by atoms with Crippen molar-refractivity contribution in [3.05, 3.63) is 47.5 Å². The fourth-order valence-corrected chi connectivity index (χ4v) is 3.95. The molecule has 2 amide bonds. The summed E-state index contributed by atoms with van der Waals surface area (Å²) in [7, 11) is 0. The van der Waals surface area contributed by atoms with E-state index in [9.17, 15) is 9.59 Å². The van der Waals surface area contributed by atoms with Gasteiger partial charge in [-0.25, -0.2) is 0 Å². The minimum atomic E-state index is -0.270. The molecular weight excluding hydrogens is 354 g/mol. The first kappa shape index (κ1) is 18.7. The monoisotopic (exact) mass is 381 g/mol. The third-order valence-electron chi connectivity index (χ3n) is 5.86. The smallest absolute Gasteiger partial charge is 0.225 e. The van der Waals surface area contributed by atoms with E-state index in [0.717, 1.165) is 36.3 Å². The molecule has 28 heavy (non-hydrogen) atoms. The Morgan fingerprint density at radius 1 is 1.36 bits per heavy atom. The first-order valence-electron chi connectivity index (χ1n) is 9.90. The van der Waals surface area contributed by atoms with E-state index < -0.39 is 0 Å². The molecule has 0 bridgehead atoms. The van der Waals surface area contributed by atoms with E-state index in [1.165, 1.54) is 0 Å². The highest BCUT2D eigenvalue weighted by molar-refractivity contribution is 5.89. The summed E-state index contributed by atoms with van der Waals surface area (Å²) in [4.78, 5) is 30.8. The van der Waals surface area contributed by atoms with E-state index in [4.69, 9.17) is 0 Å². The first-order chi connectivity index (χ1) is 13.4. The fourth-order valence-electron chi connectivity index (χ4n) is 3.95. The van der Waals surface area contributed by atoms with Crippen LogP contribution < -0.4 is 5.32 Å². The largest absolute Gasteiger partial charge is 0.355 e. The molecule has 1 saturated carbocycles. The number of nitrogens with one attached hydrogen (secondary N) is 1. The van der Waals surface area contributed by atoms with Crippen molar-refractivity contribution in [3.8, 4) is 0 Å². The zero-order valence-electron chi connectivity index (χ0n) is 16.5. The van der Waals surface area contributed by atoms with Gasteiger partial charge in [0.2, 0.25) is 11.8 Å². The van der Waals surface area contributed by atoms with Gasteiger partial charge < -0.3 is 10.2 Å². The molecule has 3 heterocycles. The van der Waals surface area contributed by atoms with Crippen molar-refractivity contribution in [2.24, 2.45) is 11.3 Å². The van der Waals surface area contributed by atoms with Crippen LogP contribution in [0.2, 0.25) is 0 Å². The Bertz CT molecular complexity index is 872. The maximum Gasteiger partial charge on any atom is 0.225 e. The molecule has 2 aromatic rings. The van der Waals surface area contributed by atoms with Crippen LogP contribution in [0.4, 0.5) is 0 Å². The number of pyridine rings is 1. The highest BCUT2D eigenvalue weighted by Gasteiger charge is 2.44. The number of likely N-dealkylation sites (tertiary alicyclic amines) is 1. The summed E-state index contributed by atoms with van der Waals surface area (Å²) < 4.78 is 2.04. The molecule has 0 aromatic carbocycles. The van der Waals surface area contributed by atoms with Crippen LogP contribution in [0.3, 0.4) is 0 Å². The molecular formula is C21H27N5O2. The van der Waals surface area contributed by atoms with Gasteiger partial charge in [0.1, 0.15) is 0 Å². The number of aromatic nitrogens is 3. The van der Waals surface area contributed by atoms with Crippen molar-refractivity contribution < 1.29 is 9.59 Å². The average molecular weight is 381 g/mol. The maximum atomic E-state index is 12.7. The van der Waals surface area contributed by atoms with Gasteiger partial charge >= 0.3 is 0 Å². The lowest BCUT2D eigenvalue weighted by Gasteiger charge is -2.19. The third kappa shape index (κ3) is 4.08. The lowest BCUT2D eigenvalue weighted by molar-refractivity contribution is -0.129. The van der Waals surface area contributed by atoms with Gasteiger partial charge in [0.05, 0.1) is 11.6 Å². The lowest BCUT2D eigenvalue weighted by atomic mass is 10.1. The first-order valence-corrected chi connectivity index (χ1v) is 9.90. The fraction of sp³-hybridized carbons (Fsp3) is 0.524. The van der Waals surface area contributed by atoms with Gasteiger partial charge in [-0.05, 0) is 44.4 Å². The van der Waals surface area contributed by atoms with Crippen LogP contribution in [0.1, 0.15) is 36.2 Å². The van der Waals surface area contributed by atoms with Crippen LogP contribution in [-0.2, 0) is 22.7 Å². The standard InChI is InChI=1S/C21H27N5O2/c1-15-8-16(2)26(24-15)14-21(5-6-21)13-23-20(28)18-9-19(27)25(12-18)11-17-4-3-7-22-10-17/h3-4,7-8,10,18H,5-6,9,11-14H2,1-2H3,(H,23,28)/t18-/m1/s1. The number of nitrogens with zero attached hydrogens (tertiary/aromatic N) is 4. The number of carbonyl (C=O) groups excluding carboxylic acids is 2. The predicted octanol–water partition coefficient (Wildman–Crippen LogP) is 1.84.